The number of ketones is 1. The van der Waals surface area contributed by atoms with E-state index in [0.29, 0.717) is 24.3 Å². The van der Waals surface area contributed by atoms with Crippen LogP contribution >= 0.6 is 0 Å². The third kappa shape index (κ3) is 3.26. The summed E-state index contributed by atoms with van der Waals surface area (Å²) in [5.41, 5.74) is 1.39. The van der Waals surface area contributed by atoms with E-state index in [-0.39, 0.29) is 11.7 Å². The van der Waals surface area contributed by atoms with Gasteiger partial charge in [-0.15, -0.1) is 0 Å². The summed E-state index contributed by atoms with van der Waals surface area (Å²) >= 11 is 0. The van der Waals surface area contributed by atoms with Crippen molar-refractivity contribution in [3.05, 3.63) is 23.8 Å². The Hall–Kier alpha value is -1.84. The second-order valence-corrected chi connectivity index (χ2v) is 5.46. The highest BCUT2D eigenvalue weighted by molar-refractivity contribution is 6.03. The van der Waals surface area contributed by atoms with Gasteiger partial charge in [0.05, 0.1) is 5.69 Å². The topological polar surface area (TPSA) is 46.6 Å². The zero-order valence-electron chi connectivity index (χ0n) is 13.0. The van der Waals surface area contributed by atoms with Gasteiger partial charge in [-0.1, -0.05) is 20.3 Å². The Morgan fingerprint density at radius 2 is 2.05 bits per heavy atom. The first-order chi connectivity index (χ1) is 10.1. The normalized spacial score (nSPS) is 17.4. The van der Waals surface area contributed by atoms with Crippen molar-refractivity contribution < 1.29 is 14.3 Å². The van der Waals surface area contributed by atoms with Gasteiger partial charge in [-0.3, -0.25) is 9.59 Å². The molecule has 4 heteroatoms. The zero-order valence-corrected chi connectivity index (χ0v) is 13.0. The van der Waals surface area contributed by atoms with Crippen LogP contribution in [0.1, 0.15) is 56.8 Å². The molecule has 1 amide bonds. The number of amides is 1. The molecule has 1 atom stereocenters. The number of hydrogen-bond donors (Lipinski definition) is 0. The van der Waals surface area contributed by atoms with Crippen LogP contribution in [0.5, 0.6) is 5.75 Å². The predicted octanol–water partition coefficient (Wildman–Crippen LogP) is 3.58. The molecule has 0 saturated heterocycles. The van der Waals surface area contributed by atoms with E-state index in [1.165, 1.54) is 0 Å². The predicted molar refractivity (Wildman–Crippen MR) is 83.0 cm³/mol. The molecule has 0 bridgehead atoms. The second kappa shape index (κ2) is 6.74. The van der Waals surface area contributed by atoms with E-state index in [0.717, 1.165) is 24.9 Å². The van der Waals surface area contributed by atoms with E-state index in [2.05, 4.69) is 6.92 Å². The molecule has 1 aromatic carbocycles. The van der Waals surface area contributed by atoms with Crippen LogP contribution in [0.15, 0.2) is 18.2 Å². The number of ether oxygens (including phenoxy) is 1. The van der Waals surface area contributed by atoms with Gasteiger partial charge in [0.15, 0.2) is 11.9 Å². The number of rotatable bonds is 6. The standard InChI is InChI=1S/C17H23NO3/c1-4-6-10-18-14-11-13(15(19)7-5-2)8-9-16(14)21-12(3)17(18)20/h8-9,11-12H,4-7,10H2,1-3H3. The Morgan fingerprint density at radius 1 is 1.29 bits per heavy atom. The van der Waals surface area contributed by atoms with Gasteiger partial charge in [0.25, 0.3) is 5.91 Å². The highest BCUT2D eigenvalue weighted by atomic mass is 16.5. The molecule has 21 heavy (non-hydrogen) atoms. The Balaban J connectivity index is 2.35. The molecule has 2 rings (SSSR count). The maximum atomic E-state index is 12.3. The van der Waals surface area contributed by atoms with Crippen molar-refractivity contribution in [3.8, 4) is 5.75 Å². The Bertz CT molecular complexity index is 539. The molecule has 0 fully saturated rings. The van der Waals surface area contributed by atoms with Crippen LogP contribution in [0.4, 0.5) is 5.69 Å². The number of anilines is 1. The lowest BCUT2D eigenvalue weighted by Crippen LogP contribution is -2.45. The van der Waals surface area contributed by atoms with Gasteiger partial charge >= 0.3 is 0 Å². The van der Waals surface area contributed by atoms with E-state index in [9.17, 15) is 9.59 Å². The van der Waals surface area contributed by atoms with E-state index in [1.807, 2.05) is 6.92 Å². The summed E-state index contributed by atoms with van der Waals surface area (Å²) in [7, 11) is 0. The summed E-state index contributed by atoms with van der Waals surface area (Å²) in [6.07, 6.45) is 2.83. The number of nitrogens with zero attached hydrogens (tertiary/aromatic N) is 1. The first-order valence-electron chi connectivity index (χ1n) is 7.73. The highest BCUT2D eigenvalue weighted by Gasteiger charge is 2.31. The fraction of sp³-hybridized carbons (Fsp3) is 0.529. The summed E-state index contributed by atoms with van der Waals surface area (Å²) < 4.78 is 5.65. The fourth-order valence-corrected chi connectivity index (χ4v) is 2.50. The van der Waals surface area contributed by atoms with Crippen LogP contribution in [0, 0.1) is 0 Å². The molecular formula is C17H23NO3. The lowest BCUT2D eigenvalue weighted by molar-refractivity contribution is -0.125. The van der Waals surface area contributed by atoms with Crippen LogP contribution in [-0.4, -0.2) is 24.3 Å². The van der Waals surface area contributed by atoms with Gasteiger partial charge in [0, 0.05) is 18.5 Å². The number of hydrogen-bond acceptors (Lipinski definition) is 3. The highest BCUT2D eigenvalue weighted by Crippen LogP contribution is 2.35. The third-order valence-corrected chi connectivity index (χ3v) is 3.70. The minimum absolute atomic E-state index is 0.0314. The largest absolute Gasteiger partial charge is 0.479 e. The van der Waals surface area contributed by atoms with Crippen LogP contribution in [-0.2, 0) is 4.79 Å². The molecule has 0 radical (unpaired) electrons. The van der Waals surface area contributed by atoms with Gasteiger partial charge in [-0.25, -0.2) is 0 Å². The number of Topliss-reactive ketones (excluding diaryl/α,β-unsaturated/α-hetero) is 1. The molecule has 1 aliphatic heterocycles. The maximum Gasteiger partial charge on any atom is 0.267 e. The third-order valence-electron chi connectivity index (χ3n) is 3.70. The molecule has 0 aliphatic carbocycles. The van der Waals surface area contributed by atoms with Gasteiger partial charge < -0.3 is 9.64 Å². The van der Waals surface area contributed by atoms with E-state index in [4.69, 9.17) is 4.74 Å². The van der Waals surface area contributed by atoms with Crippen molar-refractivity contribution >= 4 is 17.4 Å². The molecule has 1 aliphatic rings. The average Bonchev–Trinajstić information content (AvgIpc) is 2.47. The van der Waals surface area contributed by atoms with Crippen molar-refractivity contribution in [1.29, 1.82) is 0 Å². The molecule has 0 spiro atoms. The van der Waals surface area contributed by atoms with E-state index >= 15 is 0 Å². The van der Waals surface area contributed by atoms with Crippen LogP contribution in [0.2, 0.25) is 0 Å². The van der Waals surface area contributed by atoms with Crippen molar-refractivity contribution in [2.75, 3.05) is 11.4 Å². The molecular weight excluding hydrogens is 266 g/mol. The van der Waals surface area contributed by atoms with Crippen molar-refractivity contribution in [2.45, 2.75) is 52.6 Å². The van der Waals surface area contributed by atoms with Crippen LogP contribution < -0.4 is 9.64 Å². The summed E-state index contributed by atoms with van der Waals surface area (Å²) in [5, 5.41) is 0. The molecule has 0 saturated carbocycles. The Morgan fingerprint density at radius 3 is 2.71 bits per heavy atom. The molecule has 1 heterocycles. The van der Waals surface area contributed by atoms with Gasteiger partial charge in [0.1, 0.15) is 5.75 Å². The number of benzene rings is 1. The number of carbonyl (C=O) groups is 2. The second-order valence-electron chi connectivity index (χ2n) is 5.46. The van der Waals surface area contributed by atoms with Crippen LogP contribution in [0.3, 0.4) is 0 Å². The number of carbonyl (C=O) groups excluding carboxylic acids is 2. The van der Waals surface area contributed by atoms with Crippen molar-refractivity contribution in [3.63, 3.8) is 0 Å². The van der Waals surface area contributed by atoms with Crippen molar-refractivity contribution in [1.82, 2.24) is 0 Å². The Labute approximate surface area is 126 Å². The number of unbranched alkanes of at least 4 members (excludes halogenated alkanes) is 1. The monoisotopic (exact) mass is 289 g/mol. The summed E-state index contributed by atoms with van der Waals surface area (Å²) in [6, 6.07) is 5.39. The first-order valence-corrected chi connectivity index (χ1v) is 7.73. The number of fused-ring (bicyclic) bond motifs is 1. The molecule has 0 aromatic heterocycles. The van der Waals surface area contributed by atoms with E-state index < -0.39 is 6.10 Å². The molecule has 114 valence electrons. The Kier molecular flexibility index (Phi) is 4.99. The minimum atomic E-state index is -0.466. The molecule has 1 aromatic rings. The maximum absolute atomic E-state index is 12.3. The SMILES string of the molecule is CCCCN1C(=O)C(C)Oc2ccc(C(=O)CCC)cc21. The average molecular weight is 289 g/mol. The van der Waals surface area contributed by atoms with Crippen LogP contribution in [0.25, 0.3) is 0 Å². The summed E-state index contributed by atoms with van der Waals surface area (Å²) in [4.78, 5) is 26.1. The first kappa shape index (κ1) is 15.5. The quantitative estimate of drug-likeness (QED) is 0.752. The smallest absolute Gasteiger partial charge is 0.267 e. The summed E-state index contributed by atoms with van der Waals surface area (Å²) in [6.45, 7) is 6.51. The van der Waals surface area contributed by atoms with Gasteiger partial charge in [0.2, 0.25) is 0 Å². The van der Waals surface area contributed by atoms with Gasteiger partial charge in [-0.05, 0) is 38.0 Å². The lowest BCUT2D eigenvalue weighted by Gasteiger charge is -2.33. The molecule has 4 nitrogen and oxygen atoms in total. The summed E-state index contributed by atoms with van der Waals surface area (Å²) in [5.74, 6) is 0.768. The van der Waals surface area contributed by atoms with E-state index in [1.54, 1.807) is 30.0 Å². The lowest BCUT2D eigenvalue weighted by atomic mass is 10.0. The fourth-order valence-electron chi connectivity index (χ4n) is 2.50. The zero-order chi connectivity index (χ0) is 15.4. The van der Waals surface area contributed by atoms with Crippen molar-refractivity contribution in [2.24, 2.45) is 0 Å². The molecule has 0 N–H and O–H groups in total. The minimum Gasteiger partial charge on any atom is -0.479 e. The molecule has 1 unspecified atom stereocenters. The van der Waals surface area contributed by atoms with Gasteiger partial charge in [-0.2, -0.15) is 0 Å².